The van der Waals surface area contributed by atoms with Gasteiger partial charge in [0.15, 0.2) is 0 Å². The summed E-state index contributed by atoms with van der Waals surface area (Å²) in [5.41, 5.74) is 1.10. The third-order valence-corrected chi connectivity index (χ3v) is 3.03. The average molecular weight is 243 g/mol. The van der Waals surface area contributed by atoms with Gasteiger partial charge in [-0.1, -0.05) is 30.3 Å². The van der Waals surface area contributed by atoms with Crippen molar-refractivity contribution in [2.45, 2.75) is 18.9 Å². The summed E-state index contributed by atoms with van der Waals surface area (Å²) in [5, 5.41) is 0. The molecule has 92 valence electrons. The molecular formula is C14H13NO3. The lowest BCUT2D eigenvalue weighted by molar-refractivity contribution is -0.140. The third kappa shape index (κ3) is 1.97. The molecule has 0 spiro atoms. The first-order valence-corrected chi connectivity index (χ1v) is 5.70. The van der Waals surface area contributed by atoms with Crippen molar-refractivity contribution in [3.63, 3.8) is 0 Å². The van der Waals surface area contributed by atoms with Crippen LogP contribution in [-0.2, 0) is 9.59 Å². The first kappa shape index (κ1) is 12.2. The minimum atomic E-state index is -0.561. The van der Waals surface area contributed by atoms with E-state index >= 15 is 0 Å². The van der Waals surface area contributed by atoms with Crippen LogP contribution in [0.1, 0.15) is 34.8 Å². The van der Waals surface area contributed by atoms with E-state index in [1.807, 2.05) is 0 Å². The number of benzene rings is 1. The summed E-state index contributed by atoms with van der Waals surface area (Å²) in [6, 6.07) is 6.33. The number of hydrogen-bond donors (Lipinski definition) is 0. The topological polar surface area (TPSA) is 54.5 Å². The maximum Gasteiger partial charge on any atom is 0.230 e. The Bertz CT molecular complexity index is 506. The van der Waals surface area contributed by atoms with Crippen LogP contribution in [0.2, 0.25) is 0 Å². The molecule has 0 aliphatic carbocycles. The fraction of sp³-hybridized carbons (Fsp3) is 0.214. The molecule has 1 unspecified atom stereocenters. The highest BCUT2D eigenvalue weighted by Gasteiger charge is 2.34. The molecule has 1 aromatic carbocycles. The summed E-state index contributed by atoms with van der Waals surface area (Å²) in [5.74, 6) is -0.434. The van der Waals surface area contributed by atoms with Crippen molar-refractivity contribution in [1.82, 2.24) is 4.90 Å². The normalized spacial score (nSPS) is 16.8. The first-order valence-electron chi connectivity index (χ1n) is 5.70. The van der Waals surface area contributed by atoms with Crippen LogP contribution in [0.15, 0.2) is 36.9 Å². The molecule has 1 aromatic rings. The molecule has 4 heteroatoms. The fourth-order valence-corrected chi connectivity index (χ4v) is 2.16. The molecule has 0 saturated carbocycles. The van der Waals surface area contributed by atoms with Crippen molar-refractivity contribution in [2.75, 3.05) is 0 Å². The van der Waals surface area contributed by atoms with Gasteiger partial charge in [-0.3, -0.25) is 19.3 Å². The monoisotopic (exact) mass is 243 g/mol. The van der Waals surface area contributed by atoms with Crippen molar-refractivity contribution in [3.05, 3.63) is 48.0 Å². The molecule has 2 amide bonds. The van der Waals surface area contributed by atoms with Gasteiger partial charge in [-0.15, -0.1) is 6.58 Å². The Labute approximate surface area is 105 Å². The molecular weight excluding hydrogens is 230 g/mol. The lowest BCUT2D eigenvalue weighted by atomic mass is 10.00. The second-order valence-corrected chi connectivity index (χ2v) is 4.08. The van der Waals surface area contributed by atoms with E-state index in [0.717, 1.165) is 6.29 Å². The van der Waals surface area contributed by atoms with E-state index < -0.39 is 6.04 Å². The standard InChI is InChI=1S/C14H13NO3/c1-2-12(15-13(17)7-8-14(15)18)11-6-4-3-5-10(11)9-16/h2-6,9,12H,1,7-8H2. The van der Waals surface area contributed by atoms with Crippen LogP contribution in [-0.4, -0.2) is 23.0 Å². The smallest absolute Gasteiger partial charge is 0.230 e. The van der Waals surface area contributed by atoms with E-state index in [9.17, 15) is 14.4 Å². The summed E-state index contributed by atoms with van der Waals surface area (Å²) < 4.78 is 0. The van der Waals surface area contributed by atoms with Crippen LogP contribution in [0.5, 0.6) is 0 Å². The number of rotatable bonds is 4. The zero-order valence-corrected chi connectivity index (χ0v) is 9.83. The summed E-state index contributed by atoms with van der Waals surface area (Å²) >= 11 is 0. The first-order chi connectivity index (χ1) is 8.69. The number of imide groups is 1. The fourth-order valence-electron chi connectivity index (χ4n) is 2.16. The summed E-state index contributed by atoms with van der Waals surface area (Å²) in [4.78, 5) is 35.6. The van der Waals surface area contributed by atoms with Gasteiger partial charge < -0.3 is 0 Å². The maximum atomic E-state index is 11.7. The zero-order chi connectivity index (χ0) is 13.1. The van der Waals surface area contributed by atoms with Crippen molar-refractivity contribution in [1.29, 1.82) is 0 Å². The number of amides is 2. The summed E-state index contributed by atoms with van der Waals surface area (Å²) in [7, 11) is 0. The van der Waals surface area contributed by atoms with Crippen molar-refractivity contribution < 1.29 is 14.4 Å². The number of hydrogen-bond acceptors (Lipinski definition) is 3. The second-order valence-electron chi connectivity index (χ2n) is 4.08. The molecule has 1 fully saturated rings. The largest absolute Gasteiger partial charge is 0.298 e. The Morgan fingerprint density at radius 2 is 1.78 bits per heavy atom. The van der Waals surface area contributed by atoms with Crippen LogP contribution in [0.4, 0.5) is 0 Å². The molecule has 4 nitrogen and oxygen atoms in total. The van der Waals surface area contributed by atoms with E-state index in [2.05, 4.69) is 6.58 Å². The molecule has 1 heterocycles. The van der Waals surface area contributed by atoms with Gasteiger partial charge in [-0.05, 0) is 5.56 Å². The van der Waals surface area contributed by atoms with Gasteiger partial charge in [0.05, 0.1) is 6.04 Å². The molecule has 0 aromatic heterocycles. The van der Waals surface area contributed by atoms with E-state index in [4.69, 9.17) is 0 Å². The number of aldehydes is 1. The van der Waals surface area contributed by atoms with E-state index in [1.54, 1.807) is 24.3 Å². The Morgan fingerprint density at radius 3 is 2.33 bits per heavy atom. The predicted octanol–water partition coefficient (Wildman–Crippen LogP) is 1.88. The van der Waals surface area contributed by atoms with Gasteiger partial charge in [0, 0.05) is 18.4 Å². The molecule has 1 aliphatic heterocycles. The minimum Gasteiger partial charge on any atom is -0.298 e. The quantitative estimate of drug-likeness (QED) is 0.461. The van der Waals surface area contributed by atoms with Crippen LogP contribution in [0.3, 0.4) is 0 Å². The van der Waals surface area contributed by atoms with E-state index in [0.29, 0.717) is 11.1 Å². The predicted molar refractivity (Wildman–Crippen MR) is 65.9 cm³/mol. The third-order valence-electron chi connectivity index (χ3n) is 3.03. The highest BCUT2D eigenvalue weighted by Crippen LogP contribution is 2.29. The Hall–Kier alpha value is -2.23. The summed E-state index contributed by atoms with van der Waals surface area (Å²) in [6.07, 6.45) is 2.69. The van der Waals surface area contributed by atoms with Gasteiger partial charge >= 0.3 is 0 Å². The van der Waals surface area contributed by atoms with Crippen LogP contribution < -0.4 is 0 Å². The van der Waals surface area contributed by atoms with Gasteiger partial charge in [0.2, 0.25) is 11.8 Å². The Morgan fingerprint density at radius 1 is 1.17 bits per heavy atom. The Balaban J connectivity index is 2.45. The molecule has 1 aliphatic rings. The molecule has 1 atom stereocenters. The maximum absolute atomic E-state index is 11.7. The summed E-state index contributed by atoms with van der Waals surface area (Å²) in [6.45, 7) is 3.66. The SMILES string of the molecule is C=CC(c1ccccc1C=O)N1C(=O)CCC1=O. The molecule has 2 rings (SSSR count). The van der Waals surface area contributed by atoms with Gasteiger partial charge in [0.1, 0.15) is 6.29 Å². The Kier molecular flexibility index (Phi) is 3.37. The van der Waals surface area contributed by atoms with Gasteiger partial charge in [-0.2, -0.15) is 0 Å². The van der Waals surface area contributed by atoms with Gasteiger partial charge in [0.25, 0.3) is 0 Å². The highest BCUT2D eigenvalue weighted by atomic mass is 16.2. The van der Waals surface area contributed by atoms with Crippen LogP contribution in [0.25, 0.3) is 0 Å². The zero-order valence-electron chi connectivity index (χ0n) is 9.83. The van der Waals surface area contributed by atoms with Gasteiger partial charge in [-0.25, -0.2) is 0 Å². The molecule has 1 saturated heterocycles. The molecule has 0 N–H and O–H groups in total. The van der Waals surface area contributed by atoms with Crippen molar-refractivity contribution in [2.24, 2.45) is 0 Å². The molecule has 18 heavy (non-hydrogen) atoms. The van der Waals surface area contributed by atoms with Crippen molar-refractivity contribution in [3.8, 4) is 0 Å². The number of likely N-dealkylation sites (tertiary alicyclic amines) is 1. The second kappa shape index (κ2) is 4.96. The average Bonchev–Trinajstić information content (AvgIpc) is 2.72. The molecule has 0 radical (unpaired) electrons. The number of carbonyl (C=O) groups excluding carboxylic acids is 3. The lowest BCUT2D eigenvalue weighted by Gasteiger charge is -2.24. The number of nitrogens with zero attached hydrogens (tertiary/aromatic N) is 1. The van der Waals surface area contributed by atoms with Crippen LogP contribution >= 0.6 is 0 Å². The van der Waals surface area contributed by atoms with E-state index in [1.165, 1.54) is 11.0 Å². The minimum absolute atomic E-state index is 0.217. The lowest BCUT2D eigenvalue weighted by Crippen LogP contribution is -2.32. The molecule has 0 bridgehead atoms. The highest BCUT2D eigenvalue weighted by molar-refractivity contribution is 6.02. The van der Waals surface area contributed by atoms with E-state index in [-0.39, 0.29) is 24.7 Å². The van der Waals surface area contributed by atoms with Crippen LogP contribution in [0, 0.1) is 0 Å². The number of carbonyl (C=O) groups is 3. The van der Waals surface area contributed by atoms with Crippen molar-refractivity contribution >= 4 is 18.1 Å².